The third kappa shape index (κ3) is 4.51. The number of carbonyl (C=O) groups is 2. The Bertz CT molecular complexity index is 788. The SMILES string of the molecule is CCOC(=O)N1CCc2nc(NC(=O)COc3ccc(C)cc3)sc2C1. The number of fused-ring (bicyclic) bond motifs is 1. The number of anilines is 1. The number of carbonyl (C=O) groups excluding carboxylic acids is 2. The van der Waals surface area contributed by atoms with E-state index in [0.29, 0.717) is 37.0 Å². The highest BCUT2D eigenvalue weighted by Crippen LogP contribution is 2.28. The van der Waals surface area contributed by atoms with Crippen molar-refractivity contribution in [3.8, 4) is 5.75 Å². The maximum Gasteiger partial charge on any atom is 0.410 e. The molecule has 1 aromatic heterocycles. The van der Waals surface area contributed by atoms with Crippen LogP contribution in [0, 0.1) is 6.92 Å². The summed E-state index contributed by atoms with van der Waals surface area (Å²) in [5.41, 5.74) is 2.05. The van der Waals surface area contributed by atoms with Crippen LogP contribution in [0.15, 0.2) is 24.3 Å². The standard InChI is InChI=1S/C18H21N3O4S/c1-3-24-18(23)21-9-8-14-15(10-21)26-17(19-14)20-16(22)11-25-13-6-4-12(2)5-7-13/h4-7H,3,8-11H2,1-2H3,(H,19,20,22). The van der Waals surface area contributed by atoms with Crippen LogP contribution >= 0.6 is 11.3 Å². The molecule has 0 saturated carbocycles. The molecule has 0 unspecified atom stereocenters. The number of rotatable bonds is 5. The average molecular weight is 375 g/mol. The van der Waals surface area contributed by atoms with Crippen molar-refractivity contribution in [3.05, 3.63) is 40.4 Å². The molecular weight excluding hydrogens is 354 g/mol. The summed E-state index contributed by atoms with van der Waals surface area (Å²) in [6, 6.07) is 7.51. The number of ether oxygens (including phenoxy) is 2. The molecule has 1 aliphatic rings. The van der Waals surface area contributed by atoms with Gasteiger partial charge in [-0.25, -0.2) is 9.78 Å². The third-order valence-corrected chi connectivity index (χ3v) is 4.89. The van der Waals surface area contributed by atoms with Crippen molar-refractivity contribution in [1.82, 2.24) is 9.88 Å². The number of nitrogens with zero attached hydrogens (tertiary/aromatic N) is 2. The van der Waals surface area contributed by atoms with Gasteiger partial charge in [-0.15, -0.1) is 0 Å². The molecule has 7 nitrogen and oxygen atoms in total. The lowest BCUT2D eigenvalue weighted by atomic mass is 10.2. The topological polar surface area (TPSA) is 80.8 Å². The minimum Gasteiger partial charge on any atom is -0.484 e. The highest BCUT2D eigenvalue weighted by molar-refractivity contribution is 7.15. The lowest BCUT2D eigenvalue weighted by Gasteiger charge is -2.24. The summed E-state index contributed by atoms with van der Waals surface area (Å²) in [5, 5.41) is 3.28. The van der Waals surface area contributed by atoms with Gasteiger partial charge in [0.1, 0.15) is 5.75 Å². The fourth-order valence-electron chi connectivity index (χ4n) is 2.56. The molecule has 1 aromatic carbocycles. The van der Waals surface area contributed by atoms with Crippen molar-refractivity contribution in [3.63, 3.8) is 0 Å². The van der Waals surface area contributed by atoms with Gasteiger partial charge in [-0.3, -0.25) is 10.1 Å². The molecule has 0 saturated heterocycles. The average Bonchev–Trinajstić information content (AvgIpc) is 3.02. The van der Waals surface area contributed by atoms with Gasteiger partial charge < -0.3 is 14.4 Å². The van der Waals surface area contributed by atoms with Crippen molar-refractivity contribution in [1.29, 1.82) is 0 Å². The molecule has 0 aliphatic carbocycles. The maximum atomic E-state index is 12.1. The largest absolute Gasteiger partial charge is 0.484 e. The van der Waals surface area contributed by atoms with E-state index in [1.54, 1.807) is 11.8 Å². The number of aromatic nitrogens is 1. The van der Waals surface area contributed by atoms with Crippen LogP contribution in [0.5, 0.6) is 5.75 Å². The Morgan fingerprint density at radius 3 is 2.81 bits per heavy atom. The van der Waals surface area contributed by atoms with E-state index >= 15 is 0 Å². The first-order chi connectivity index (χ1) is 12.5. The van der Waals surface area contributed by atoms with Gasteiger partial charge in [0.25, 0.3) is 5.91 Å². The van der Waals surface area contributed by atoms with Gasteiger partial charge in [0.15, 0.2) is 11.7 Å². The van der Waals surface area contributed by atoms with Crippen LogP contribution in [-0.4, -0.2) is 41.6 Å². The second kappa shape index (κ2) is 8.18. The summed E-state index contributed by atoms with van der Waals surface area (Å²) in [6.07, 6.45) is 0.337. The van der Waals surface area contributed by atoms with Crippen LogP contribution < -0.4 is 10.1 Å². The molecule has 138 valence electrons. The minimum atomic E-state index is -0.316. The van der Waals surface area contributed by atoms with E-state index in [4.69, 9.17) is 9.47 Å². The van der Waals surface area contributed by atoms with Gasteiger partial charge in [-0.1, -0.05) is 29.0 Å². The van der Waals surface area contributed by atoms with Crippen molar-refractivity contribution in [2.24, 2.45) is 0 Å². The molecule has 2 amide bonds. The highest BCUT2D eigenvalue weighted by atomic mass is 32.1. The fraction of sp³-hybridized carbons (Fsp3) is 0.389. The molecular formula is C18H21N3O4S. The highest BCUT2D eigenvalue weighted by Gasteiger charge is 2.25. The number of aryl methyl sites for hydroxylation is 1. The Kier molecular flexibility index (Phi) is 5.72. The lowest BCUT2D eigenvalue weighted by molar-refractivity contribution is -0.118. The van der Waals surface area contributed by atoms with Gasteiger partial charge in [-0.05, 0) is 26.0 Å². The van der Waals surface area contributed by atoms with Crippen molar-refractivity contribution < 1.29 is 19.1 Å². The van der Waals surface area contributed by atoms with Gasteiger partial charge in [-0.2, -0.15) is 0 Å². The van der Waals surface area contributed by atoms with Crippen molar-refractivity contribution in [2.75, 3.05) is 25.1 Å². The molecule has 2 heterocycles. The normalized spacial score (nSPS) is 13.1. The maximum absolute atomic E-state index is 12.1. The van der Waals surface area contributed by atoms with Crippen LogP contribution in [-0.2, 0) is 22.5 Å². The molecule has 0 bridgehead atoms. The number of hydrogen-bond acceptors (Lipinski definition) is 6. The number of hydrogen-bond donors (Lipinski definition) is 1. The Hall–Kier alpha value is -2.61. The zero-order chi connectivity index (χ0) is 18.5. The molecule has 0 atom stereocenters. The van der Waals surface area contributed by atoms with Gasteiger partial charge in [0.05, 0.1) is 18.8 Å². The molecule has 8 heteroatoms. The van der Waals surface area contributed by atoms with Gasteiger partial charge in [0, 0.05) is 17.8 Å². The number of thiazole rings is 1. The Morgan fingerprint density at radius 2 is 2.08 bits per heavy atom. The van der Waals surface area contributed by atoms with E-state index in [1.807, 2.05) is 31.2 Å². The summed E-state index contributed by atoms with van der Waals surface area (Å²) in [6.45, 7) is 5.08. The fourth-order valence-corrected chi connectivity index (χ4v) is 3.60. The van der Waals surface area contributed by atoms with Crippen LogP contribution in [0.4, 0.5) is 9.93 Å². The summed E-state index contributed by atoms with van der Waals surface area (Å²) in [4.78, 5) is 31.0. The second-order valence-corrected chi connectivity index (χ2v) is 6.99. The van der Waals surface area contributed by atoms with Crippen LogP contribution in [0.1, 0.15) is 23.1 Å². The van der Waals surface area contributed by atoms with E-state index < -0.39 is 0 Å². The van der Waals surface area contributed by atoms with E-state index in [-0.39, 0.29) is 18.6 Å². The van der Waals surface area contributed by atoms with Crippen LogP contribution in [0.25, 0.3) is 0 Å². The second-order valence-electron chi connectivity index (χ2n) is 5.91. The summed E-state index contributed by atoms with van der Waals surface area (Å²) in [5.74, 6) is 0.383. The van der Waals surface area contributed by atoms with Crippen LogP contribution in [0.2, 0.25) is 0 Å². The zero-order valence-corrected chi connectivity index (χ0v) is 15.6. The predicted molar refractivity (Wildman–Crippen MR) is 98.6 cm³/mol. The minimum absolute atomic E-state index is 0.0811. The summed E-state index contributed by atoms with van der Waals surface area (Å²) >= 11 is 1.38. The predicted octanol–water partition coefficient (Wildman–Crippen LogP) is 2.98. The lowest BCUT2D eigenvalue weighted by Crippen LogP contribution is -2.35. The van der Waals surface area contributed by atoms with E-state index in [2.05, 4.69) is 10.3 Å². The number of nitrogens with one attached hydrogen (secondary N) is 1. The zero-order valence-electron chi connectivity index (χ0n) is 14.8. The Labute approximate surface area is 155 Å². The van der Waals surface area contributed by atoms with Crippen molar-refractivity contribution >= 4 is 28.5 Å². The molecule has 0 radical (unpaired) electrons. The van der Waals surface area contributed by atoms with E-state index in [0.717, 1.165) is 16.1 Å². The molecule has 1 aliphatic heterocycles. The molecule has 0 fully saturated rings. The molecule has 2 aromatic rings. The third-order valence-electron chi connectivity index (χ3n) is 3.89. The van der Waals surface area contributed by atoms with Crippen LogP contribution in [0.3, 0.4) is 0 Å². The molecule has 3 rings (SSSR count). The Balaban J connectivity index is 1.54. The van der Waals surface area contributed by atoms with Gasteiger partial charge in [0.2, 0.25) is 0 Å². The van der Waals surface area contributed by atoms with E-state index in [1.165, 1.54) is 11.3 Å². The molecule has 26 heavy (non-hydrogen) atoms. The van der Waals surface area contributed by atoms with Gasteiger partial charge >= 0.3 is 6.09 Å². The Morgan fingerprint density at radius 1 is 1.31 bits per heavy atom. The first kappa shape index (κ1) is 18.2. The summed E-state index contributed by atoms with van der Waals surface area (Å²) < 4.78 is 10.5. The molecule has 1 N–H and O–H groups in total. The smallest absolute Gasteiger partial charge is 0.410 e. The first-order valence-corrected chi connectivity index (χ1v) is 9.26. The summed E-state index contributed by atoms with van der Waals surface area (Å²) in [7, 11) is 0. The monoisotopic (exact) mass is 375 g/mol. The molecule has 0 spiro atoms. The quantitative estimate of drug-likeness (QED) is 0.869. The van der Waals surface area contributed by atoms with E-state index in [9.17, 15) is 9.59 Å². The van der Waals surface area contributed by atoms with Crippen molar-refractivity contribution in [2.45, 2.75) is 26.8 Å². The number of benzene rings is 1. The first-order valence-electron chi connectivity index (χ1n) is 8.44. The number of amides is 2.